The molecule has 0 amide bonds. The Morgan fingerprint density at radius 3 is 2.74 bits per heavy atom. The molecule has 0 radical (unpaired) electrons. The lowest BCUT2D eigenvalue weighted by molar-refractivity contribution is 0.0256. The zero-order valence-electron chi connectivity index (χ0n) is 21.0. The number of fused-ring (bicyclic) bond motifs is 3. The molecule has 2 aromatic heterocycles. The fourth-order valence-corrected chi connectivity index (χ4v) is 7.60. The molecule has 2 aromatic carbocycles. The normalized spacial score (nSPS) is 22.3. The molecule has 3 fully saturated rings. The molecule has 2 saturated carbocycles. The molecular weight excluding hydrogens is 564 g/mol. The third-order valence-corrected chi connectivity index (χ3v) is 9.61. The van der Waals surface area contributed by atoms with Crippen molar-refractivity contribution in [2.24, 2.45) is 5.92 Å². The molecule has 0 spiro atoms. The first-order valence-corrected chi connectivity index (χ1v) is 14.5. The fourth-order valence-electron chi connectivity index (χ4n) is 5.94. The Kier molecular flexibility index (Phi) is 6.30. The van der Waals surface area contributed by atoms with Crippen molar-refractivity contribution in [3.05, 3.63) is 63.1 Å². The van der Waals surface area contributed by atoms with E-state index in [1.54, 1.807) is 24.3 Å². The monoisotopic (exact) mass is 587 g/mol. The number of rotatable bonds is 7. The van der Waals surface area contributed by atoms with Crippen molar-refractivity contribution < 1.29 is 23.2 Å². The molecule has 0 unspecified atom stereocenters. The topological polar surface area (TPSA) is 77.7 Å². The van der Waals surface area contributed by atoms with Gasteiger partial charge in [-0.15, -0.1) is 0 Å². The van der Waals surface area contributed by atoms with Gasteiger partial charge in [0.15, 0.2) is 10.9 Å². The van der Waals surface area contributed by atoms with Gasteiger partial charge in [0.05, 0.1) is 46.2 Å². The summed E-state index contributed by atoms with van der Waals surface area (Å²) in [5, 5.41) is 6.14. The van der Waals surface area contributed by atoms with Gasteiger partial charge in [-0.05, 0) is 55.9 Å². The van der Waals surface area contributed by atoms with Crippen molar-refractivity contribution >= 4 is 55.9 Å². The SMILES string of the molecule is COC(=O)c1cc(F)c2nc(N3C[C@H]4C[C@@H]3[C@H](OCc3c(-c5c(Cl)cccc5Cl)noc3C3CC3)C4)sc2c1. The fraction of sp³-hybridized carbons (Fsp3) is 0.393. The molecule has 7 nitrogen and oxygen atoms in total. The molecule has 11 heteroatoms. The van der Waals surface area contributed by atoms with E-state index in [2.05, 4.69) is 15.0 Å². The maximum absolute atomic E-state index is 14.8. The number of carbonyl (C=O) groups excluding carboxylic acids is 1. The molecule has 3 aliphatic rings. The number of methoxy groups -OCH3 is 1. The Hall–Kier alpha value is -2.72. The third-order valence-electron chi connectivity index (χ3n) is 7.94. The summed E-state index contributed by atoms with van der Waals surface area (Å²) in [4.78, 5) is 18.8. The summed E-state index contributed by atoms with van der Waals surface area (Å²) in [7, 11) is 1.28. The molecule has 2 aliphatic carbocycles. The van der Waals surface area contributed by atoms with Gasteiger partial charge >= 0.3 is 5.97 Å². The van der Waals surface area contributed by atoms with E-state index in [0.29, 0.717) is 44.4 Å². The molecule has 0 N–H and O–H groups in total. The highest BCUT2D eigenvalue weighted by atomic mass is 35.5. The van der Waals surface area contributed by atoms with Crippen molar-refractivity contribution in [2.75, 3.05) is 18.6 Å². The van der Waals surface area contributed by atoms with Crippen LogP contribution >= 0.6 is 34.5 Å². The van der Waals surface area contributed by atoms with E-state index >= 15 is 0 Å². The van der Waals surface area contributed by atoms with Crippen LogP contribution in [0.5, 0.6) is 0 Å². The molecule has 202 valence electrons. The summed E-state index contributed by atoms with van der Waals surface area (Å²) >= 11 is 14.4. The molecule has 3 atom stereocenters. The number of hydrogen-bond donors (Lipinski definition) is 0. The zero-order valence-corrected chi connectivity index (χ0v) is 23.3. The Morgan fingerprint density at radius 2 is 2.03 bits per heavy atom. The van der Waals surface area contributed by atoms with Gasteiger partial charge in [0.1, 0.15) is 17.0 Å². The molecule has 1 aliphatic heterocycles. The Labute approximate surface area is 237 Å². The molecule has 4 aromatic rings. The first-order chi connectivity index (χ1) is 18.9. The number of esters is 1. The third kappa shape index (κ3) is 4.40. The van der Waals surface area contributed by atoms with Crippen LogP contribution in [0.3, 0.4) is 0 Å². The highest BCUT2D eigenvalue weighted by molar-refractivity contribution is 7.22. The van der Waals surface area contributed by atoms with Crippen molar-refractivity contribution in [1.29, 1.82) is 0 Å². The first-order valence-electron chi connectivity index (χ1n) is 12.9. The largest absolute Gasteiger partial charge is 0.465 e. The van der Waals surface area contributed by atoms with E-state index in [4.69, 9.17) is 37.2 Å². The Morgan fingerprint density at radius 1 is 1.23 bits per heavy atom. The Balaban J connectivity index is 1.15. The van der Waals surface area contributed by atoms with Crippen LogP contribution < -0.4 is 4.90 Å². The van der Waals surface area contributed by atoms with Gasteiger partial charge < -0.3 is 18.9 Å². The van der Waals surface area contributed by atoms with Gasteiger partial charge in [0, 0.05) is 23.6 Å². The standard InChI is InChI=1S/C28H24Cl2FN3O4S/c1-36-27(35)15-9-19(31)25-22(10-15)39-28(32-25)34-11-13-7-20(34)21(8-13)37-12-16-24(33-38-26(16)14-5-6-14)23-17(29)3-2-4-18(23)30/h2-4,9-10,13-14,20-21H,5-8,11-12H2,1H3/t13-,20+,21+/m0/s1. The first kappa shape index (κ1) is 25.3. The average Bonchev–Trinajstić information content (AvgIpc) is 3.25. The lowest BCUT2D eigenvalue weighted by Crippen LogP contribution is -2.42. The van der Waals surface area contributed by atoms with Gasteiger partial charge in [-0.3, -0.25) is 0 Å². The molecule has 2 bridgehead atoms. The van der Waals surface area contributed by atoms with Crippen molar-refractivity contribution in [3.8, 4) is 11.3 Å². The number of ether oxygens (including phenoxy) is 2. The number of piperidine rings is 1. The highest BCUT2D eigenvalue weighted by Crippen LogP contribution is 2.48. The van der Waals surface area contributed by atoms with E-state index in [-0.39, 0.29) is 23.2 Å². The van der Waals surface area contributed by atoms with Crippen molar-refractivity contribution in [1.82, 2.24) is 10.1 Å². The van der Waals surface area contributed by atoms with Crippen molar-refractivity contribution in [2.45, 2.75) is 50.4 Å². The number of benzene rings is 2. The van der Waals surface area contributed by atoms with Crippen LogP contribution in [0.1, 0.15) is 53.3 Å². The number of carbonyl (C=O) groups is 1. The molecular formula is C28H24Cl2FN3O4S. The van der Waals surface area contributed by atoms with E-state index in [1.165, 1.54) is 24.5 Å². The van der Waals surface area contributed by atoms with Gasteiger partial charge in [0.25, 0.3) is 0 Å². The number of anilines is 1. The molecule has 7 rings (SSSR count). The lowest BCUT2D eigenvalue weighted by Gasteiger charge is -2.33. The summed E-state index contributed by atoms with van der Waals surface area (Å²) in [5.74, 6) is 0.555. The number of aromatic nitrogens is 2. The van der Waals surface area contributed by atoms with Crippen LogP contribution in [-0.4, -0.2) is 41.9 Å². The average molecular weight is 588 g/mol. The minimum Gasteiger partial charge on any atom is -0.465 e. The highest BCUT2D eigenvalue weighted by Gasteiger charge is 2.47. The van der Waals surface area contributed by atoms with Gasteiger partial charge in [0.2, 0.25) is 0 Å². The summed E-state index contributed by atoms with van der Waals surface area (Å²) in [6.45, 7) is 1.18. The van der Waals surface area contributed by atoms with Gasteiger partial charge in [-0.2, -0.15) is 0 Å². The second kappa shape index (κ2) is 9.73. The molecule has 1 saturated heterocycles. The Bertz CT molecular complexity index is 1580. The summed E-state index contributed by atoms with van der Waals surface area (Å²) < 4.78 is 32.5. The van der Waals surface area contributed by atoms with Crippen LogP contribution in [-0.2, 0) is 16.1 Å². The van der Waals surface area contributed by atoms with E-state index in [1.807, 2.05) is 0 Å². The predicted octanol–water partition coefficient (Wildman–Crippen LogP) is 7.25. The summed E-state index contributed by atoms with van der Waals surface area (Å²) in [5.41, 5.74) is 2.64. The number of halogens is 3. The molecule has 3 heterocycles. The number of nitrogens with zero attached hydrogens (tertiary/aromatic N) is 3. The zero-order chi connectivity index (χ0) is 26.8. The predicted molar refractivity (Wildman–Crippen MR) is 147 cm³/mol. The lowest BCUT2D eigenvalue weighted by atomic mass is 10.0. The van der Waals surface area contributed by atoms with Crippen molar-refractivity contribution in [3.63, 3.8) is 0 Å². The number of thiazole rings is 1. The van der Waals surface area contributed by atoms with Crippen LogP contribution in [0, 0.1) is 11.7 Å². The van der Waals surface area contributed by atoms with Crippen LogP contribution in [0.15, 0.2) is 34.9 Å². The second-order valence-electron chi connectivity index (χ2n) is 10.4. The maximum Gasteiger partial charge on any atom is 0.338 e. The van der Waals surface area contributed by atoms with E-state index < -0.39 is 11.8 Å². The van der Waals surface area contributed by atoms with Crippen LogP contribution in [0.2, 0.25) is 10.0 Å². The van der Waals surface area contributed by atoms with E-state index in [9.17, 15) is 9.18 Å². The van der Waals surface area contributed by atoms with Gasteiger partial charge in [-0.1, -0.05) is 45.8 Å². The second-order valence-corrected chi connectivity index (χ2v) is 12.3. The van der Waals surface area contributed by atoms with Crippen LogP contribution in [0.25, 0.3) is 21.5 Å². The van der Waals surface area contributed by atoms with E-state index in [0.717, 1.165) is 48.7 Å². The minimum absolute atomic E-state index is 0.0252. The molecule has 39 heavy (non-hydrogen) atoms. The number of hydrogen-bond acceptors (Lipinski definition) is 8. The smallest absolute Gasteiger partial charge is 0.338 e. The van der Waals surface area contributed by atoms with Gasteiger partial charge in [-0.25, -0.2) is 14.2 Å². The minimum atomic E-state index is -0.573. The quantitative estimate of drug-likeness (QED) is 0.211. The maximum atomic E-state index is 14.8. The summed E-state index contributed by atoms with van der Waals surface area (Å²) in [6, 6.07) is 8.33. The summed E-state index contributed by atoms with van der Waals surface area (Å²) in [6.07, 6.45) is 4.03. The van der Waals surface area contributed by atoms with Crippen LogP contribution in [0.4, 0.5) is 9.52 Å².